The smallest absolute Gasteiger partial charge is 0.222 e. The summed E-state index contributed by atoms with van der Waals surface area (Å²) < 4.78 is 5.71. The molecule has 0 bridgehead atoms. The summed E-state index contributed by atoms with van der Waals surface area (Å²) in [4.78, 5) is 4.39. The molecule has 0 amide bonds. The Morgan fingerprint density at radius 1 is 1.31 bits per heavy atom. The Labute approximate surface area is 96.7 Å². The summed E-state index contributed by atoms with van der Waals surface area (Å²) >= 11 is 0. The number of hydrogen-bond acceptors (Lipinski definition) is 2. The second-order valence-corrected chi connectivity index (χ2v) is 3.90. The van der Waals surface area contributed by atoms with Crippen molar-refractivity contribution in [2.75, 3.05) is 6.54 Å². The molecule has 16 heavy (non-hydrogen) atoms. The first-order valence-electron chi connectivity index (χ1n) is 5.87. The number of ether oxygens (including phenoxy) is 1. The van der Waals surface area contributed by atoms with Crippen LogP contribution in [0.5, 0.6) is 0 Å². The highest BCUT2D eigenvalue weighted by Crippen LogP contribution is 2.15. The van der Waals surface area contributed by atoms with Crippen LogP contribution in [0.3, 0.4) is 0 Å². The predicted molar refractivity (Wildman–Crippen MR) is 66.5 cm³/mol. The van der Waals surface area contributed by atoms with E-state index in [1.807, 2.05) is 30.3 Å². The van der Waals surface area contributed by atoms with Crippen molar-refractivity contribution in [1.29, 1.82) is 0 Å². The average Bonchev–Trinajstić information content (AvgIpc) is 2.79. The molecule has 1 aromatic rings. The zero-order chi connectivity index (χ0) is 11.2. The maximum atomic E-state index is 5.71. The summed E-state index contributed by atoms with van der Waals surface area (Å²) in [5, 5.41) is 0. The molecule has 1 heterocycles. The van der Waals surface area contributed by atoms with Gasteiger partial charge in [0.25, 0.3) is 0 Å². The molecule has 0 aromatic heterocycles. The lowest BCUT2D eigenvalue weighted by atomic mass is 10.2. The summed E-state index contributed by atoms with van der Waals surface area (Å²) in [6.45, 7) is 2.88. The lowest BCUT2D eigenvalue weighted by molar-refractivity contribution is 0.436. The summed E-state index contributed by atoms with van der Waals surface area (Å²) in [5.41, 5.74) is 1.06. The van der Waals surface area contributed by atoms with Gasteiger partial charge in [0.05, 0.1) is 0 Å². The topological polar surface area (TPSA) is 21.6 Å². The fourth-order valence-corrected chi connectivity index (χ4v) is 1.64. The minimum absolute atomic E-state index is 0.688. The SMILES string of the molecule is CCCC/C=C1/CN=C(c2ccccc2)O1. The van der Waals surface area contributed by atoms with Gasteiger partial charge in [0.2, 0.25) is 5.90 Å². The number of aliphatic imine (C=N–C) groups is 1. The molecule has 0 spiro atoms. The van der Waals surface area contributed by atoms with E-state index in [2.05, 4.69) is 18.0 Å². The predicted octanol–water partition coefficient (Wildman–Crippen LogP) is 3.54. The number of allylic oxidation sites excluding steroid dienone is 1. The first-order valence-corrected chi connectivity index (χ1v) is 5.87. The Morgan fingerprint density at radius 3 is 2.88 bits per heavy atom. The van der Waals surface area contributed by atoms with Crippen molar-refractivity contribution in [3.8, 4) is 0 Å². The highest BCUT2D eigenvalue weighted by atomic mass is 16.5. The summed E-state index contributed by atoms with van der Waals surface area (Å²) in [6.07, 6.45) is 5.68. The maximum absolute atomic E-state index is 5.71. The van der Waals surface area contributed by atoms with Crippen molar-refractivity contribution in [3.05, 3.63) is 47.7 Å². The van der Waals surface area contributed by atoms with Gasteiger partial charge in [0.15, 0.2) is 0 Å². The molecule has 2 nitrogen and oxygen atoms in total. The molecule has 0 radical (unpaired) electrons. The van der Waals surface area contributed by atoms with Gasteiger partial charge in [-0.3, -0.25) is 0 Å². The van der Waals surface area contributed by atoms with Gasteiger partial charge in [0.1, 0.15) is 12.3 Å². The van der Waals surface area contributed by atoms with Gasteiger partial charge >= 0.3 is 0 Å². The molecule has 0 aliphatic carbocycles. The number of rotatable bonds is 4. The van der Waals surface area contributed by atoms with E-state index in [-0.39, 0.29) is 0 Å². The van der Waals surface area contributed by atoms with E-state index in [1.54, 1.807) is 0 Å². The zero-order valence-corrected chi connectivity index (χ0v) is 9.65. The molecule has 0 fully saturated rings. The van der Waals surface area contributed by atoms with Crippen molar-refractivity contribution in [3.63, 3.8) is 0 Å². The van der Waals surface area contributed by atoms with Gasteiger partial charge in [-0.1, -0.05) is 31.5 Å². The number of unbranched alkanes of at least 4 members (excludes halogenated alkanes) is 2. The molecule has 2 heteroatoms. The van der Waals surface area contributed by atoms with Crippen molar-refractivity contribution >= 4 is 5.90 Å². The highest BCUT2D eigenvalue weighted by molar-refractivity contribution is 5.95. The molecule has 0 unspecified atom stereocenters. The van der Waals surface area contributed by atoms with Crippen LogP contribution in [0.2, 0.25) is 0 Å². The van der Waals surface area contributed by atoms with Crippen LogP contribution in [0, 0.1) is 0 Å². The molecular weight excluding hydrogens is 198 g/mol. The molecule has 0 atom stereocenters. The number of benzene rings is 1. The van der Waals surface area contributed by atoms with E-state index < -0.39 is 0 Å². The molecule has 1 aliphatic rings. The quantitative estimate of drug-likeness (QED) is 0.704. The third-order valence-electron chi connectivity index (χ3n) is 2.56. The second kappa shape index (κ2) is 5.50. The van der Waals surface area contributed by atoms with Crippen molar-refractivity contribution in [2.45, 2.75) is 26.2 Å². The molecule has 0 N–H and O–H groups in total. The molecule has 1 aromatic carbocycles. The van der Waals surface area contributed by atoms with Crippen LogP contribution in [0.15, 0.2) is 47.2 Å². The van der Waals surface area contributed by atoms with Gasteiger partial charge in [0, 0.05) is 5.56 Å². The van der Waals surface area contributed by atoms with Gasteiger partial charge < -0.3 is 4.74 Å². The average molecular weight is 215 g/mol. The van der Waals surface area contributed by atoms with Crippen LogP contribution in [-0.4, -0.2) is 12.4 Å². The van der Waals surface area contributed by atoms with Gasteiger partial charge in [-0.05, 0) is 31.1 Å². The van der Waals surface area contributed by atoms with Crippen LogP contribution in [-0.2, 0) is 4.74 Å². The second-order valence-electron chi connectivity index (χ2n) is 3.90. The highest BCUT2D eigenvalue weighted by Gasteiger charge is 2.14. The standard InChI is InChI=1S/C14H17NO/c1-2-3-5-10-13-11-15-14(16-13)12-8-6-4-7-9-12/h4,6-10H,2-3,5,11H2,1H3/b13-10-. The Bertz CT molecular complexity index is 392. The van der Waals surface area contributed by atoms with E-state index in [0.29, 0.717) is 6.54 Å². The van der Waals surface area contributed by atoms with Crippen molar-refractivity contribution < 1.29 is 4.74 Å². The molecule has 0 saturated heterocycles. The first kappa shape index (κ1) is 10.9. The van der Waals surface area contributed by atoms with Crippen LogP contribution < -0.4 is 0 Å². The third-order valence-corrected chi connectivity index (χ3v) is 2.56. The summed E-state index contributed by atoms with van der Waals surface area (Å²) in [5.74, 6) is 1.75. The van der Waals surface area contributed by atoms with Gasteiger partial charge in [-0.15, -0.1) is 0 Å². The van der Waals surface area contributed by atoms with Gasteiger partial charge in [-0.25, -0.2) is 4.99 Å². The lowest BCUT2D eigenvalue weighted by Gasteiger charge is -2.02. The van der Waals surface area contributed by atoms with Crippen LogP contribution >= 0.6 is 0 Å². The summed E-state index contributed by atoms with van der Waals surface area (Å²) in [7, 11) is 0. The number of hydrogen-bond donors (Lipinski definition) is 0. The Kier molecular flexibility index (Phi) is 3.76. The Morgan fingerprint density at radius 2 is 2.12 bits per heavy atom. The molecule has 2 rings (SSSR count). The minimum atomic E-state index is 0.688. The minimum Gasteiger partial charge on any atom is -0.441 e. The van der Waals surface area contributed by atoms with E-state index in [0.717, 1.165) is 23.6 Å². The first-order chi connectivity index (χ1) is 7.90. The van der Waals surface area contributed by atoms with Crippen LogP contribution in [0.1, 0.15) is 31.7 Å². The van der Waals surface area contributed by atoms with Crippen molar-refractivity contribution in [1.82, 2.24) is 0 Å². The van der Waals surface area contributed by atoms with E-state index in [4.69, 9.17) is 4.74 Å². The van der Waals surface area contributed by atoms with Crippen molar-refractivity contribution in [2.24, 2.45) is 4.99 Å². The zero-order valence-electron chi connectivity index (χ0n) is 9.65. The molecule has 1 aliphatic heterocycles. The maximum Gasteiger partial charge on any atom is 0.222 e. The molecule has 0 saturated carbocycles. The molecular formula is C14H17NO. The Balaban J connectivity index is 1.95. The number of nitrogens with zero attached hydrogens (tertiary/aromatic N) is 1. The largest absolute Gasteiger partial charge is 0.441 e. The monoisotopic (exact) mass is 215 g/mol. The third kappa shape index (κ3) is 2.72. The summed E-state index contributed by atoms with van der Waals surface area (Å²) in [6, 6.07) is 10.0. The van der Waals surface area contributed by atoms with E-state index in [1.165, 1.54) is 12.8 Å². The molecule has 84 valence electrons. The van der Waals surface area contributed by atoms with Gasteiger partial charge in [-0.2, -0.15) is 0 Å². The fourth-order valence-electron chi connectivity index (χ4n) is 1.64. The van der Waals surface area contributed by atoms with Crippen LogP contribution in [0.25, 0.3) is 0 Å². The normalized spacial score (nSPS) is 17.3. The fraction of sp³-hybridized carbons (Fsp3) is 0.357. The lowest BCUT2D eigenvalue weighted by Crippen LogP contribution is -1.99. The van der Waals surface area contributed by atoms with Crippen LogP contribution in [0.4, 0.5) is 0 Å². The Hall–Kier alpha value is -1.57. The van der Waals surface area contributed by atoms with E-state index >= 15 is 0 Å². The van der Waals surface area contributed by atoms with E-state index in [9.17, 15) is 0 Å².